The molecule has 3 heteroatoms. The van der Waals surface area contributed by atoms with Gasteiger partial charge in [-0.3, -0.25) is 9.59 Å². The zero-order valence-electron chi connectivity index (χ0n) is 8.15. The fourth-order valence-electron chi connectivity index (χ4n) is 1.15. The van der Waals surface area contributed by atoms with Gasteiger partial charge in [-0.2, -0.15) is 0 Å². The molecule has 1 aromatic rings. The Balaban J connectivity index is 3.02. The van der Waals surface area contributed by atoms with Crippen LogP contribution in [-0.2, 0) is 4.79 Å². The summed E-state index contributed by atoms with van der Waals surface area (Å²) in [7, 11) is 0. The highest BCUT2D eigenvalue weighted by Gasteiger charge is 2.21. The van der Waals surface area contributed by atoms with Gasteiger partial charge in [0.1, 0.15) is 6.10 Å². The lowest BCUT2D eigenvalue weighted by atomic mass is 10.0. The van der Waals surface area contributed by atoms with Crippen molar-refractivity contribution in [2.75, 3.05) is 0 Å². The predicted molar refractivity (Wildman–Crippen MR) is 52.2 cm³/mol. The number of aliphatic hydroxyl groups is 1. The Kier molecular flexibility index (Phi) is 3.14. The van der Waals surface area contributed by atoms with Crippen molar-refractivity contribution >= 4 is 11.6 Å². The number of aliphatic hydroxyl groups excluding tert-OH is 1. The molecule has 0 aliphatic heterocycles. The van der Waals surface area contributed by atoms with E-state index in [1.54, 1.807) is 31.2 Å². The predicted octanol–water partition coefficient (Wildman–Crippen LogP) is 1.13. The van der Waals surface area contributed by atoms with E-state index in [0.717, 1.165) is 5.56 Å². The number of aryl methyl sites for hydroxylation is 1. The van der Waals surface area contributed by atoms with Crippen molar-refractivity contribution in [2.45, 2.75) is 20.0 Å². The summed E-state index contributed by atoms with van der Waals surface area (Å²) in [5, 5.41) is 8.97. The van der Waals surface area contributed by atoms with E-state index < -0.39 is 17.7 Å². The highest BCUT2D eigenvalue weighted by molar-refractivity contribution is 6.45. The number of benzene rings is 1. The maximum absolute atomic E-state index is 11.5. The van der Waals surface area contributed by atoms with Crippen LogP contribution in [0.1, 0.15) is 22.8 Å². The van der Waals surface area contributed by atoms with Gasteiger partial charge in [0.15, 0.2) is 0 Å². The van der Waals surface area contributed by atoms with Crippen molar-refractivity contribution in [1.82, 2.24) is 0 Å². The van der Waals surface area contributed by atoms with E-state index in [9.17, 15) is 9.59 Å². The van der Waals surface area contributed by atoms with Gasteiger partial charge >= 0.3 is 0 Å². The van der Waals surface area contributed by atoms with Crippen LogP contribution in [0.4, 0.5) is 0 Å². The van der Waals surface area contributed by atoms with E-state index in [4.69, 9.17) is 5.11 Å². The van der Waals surface area contributed by atoms with Gasteiger partial charge < -0.3 is 5.11 Å². The Morgan fingerprint density at radius 2 is 1.86 bits per heavy atom. The van der Waals surface area contributed by atoms with Crippen LogP contribution in [0.5, 0.6) is 0 Å². The average Bonchev–Trinajstić information content (AvgIpc) is 2.16. The molecule has 0 heterocycles. The molecular formula is C11H12O3. The number of carbonyl (C=O) groups excluding carboxylic acids is 2. The molecule has 0 saturated heterocycles. The van der Waals surface area contributed by atoms with E-state index in [2.05, 4.69) is 0 Å². The summed E-state index contributed by atoms with van der Waals surface area (Å²) in [6.45, 7) is 3.04. The van der Waals surface area contributed by atoms with Crippen molar-refractivity contribution in [2.24, 2.45) is 0 Å². The summed E-state index contributed by atoms with van der Waals surface area (Å²) >= 11 is 0. The number of hydrogen-bond donors (Lipinski definition) is 1. The van der Waals surface area contributed by atoms with E-state index in [1.807, 2.05) is 0 Å². The minimum atomic E-state index is -1.23. The molecule has 14 heavy (non-hydrogen) atoms. The van der Waals surface area contributed by atoms with Gasteiger partial charge in [0.05, 0.1) is 0 Å². The first-order valence-electron chi connectivity index (χ1n) is 4.36. The van der Waals surface area contributed by atoms with Crippen LogP contribution in [0, 0.1) is 6.92 Å². The SMILES string of the molecule is Cc1ccccc1C(=O)C(=O)C(C)O. The molecule has 1 N–H and O–H groups in total. The fraction of sp³-hybridized carbons (Fsp3) is 0.273. The number of hydrogen-bond acceptors (Lipinski definition) is 3. The second-order valence-corrected chi connectivity index (χ2v) is 3.18. The average molecular weight is 192 g/mol. The molecule has 0 aromatic heterocycles. The molecular weight excluding hydrogens is 180 g/mol. The molecule has 1 rings (SSSR count). The molecule has 0 amide bonds. The lowest BCUT2D eigenvalue weighted by molar-refractivity contribution is -0.121. The largest absolute Gasteiger partial charge is 0.385 e. The van der Waals surface area contributed by atoms with Crippen LogP contribution in [0.15, 0.2) is 24.3 Å². The topological polar surface area (TPSA) is 54.4 Å². The van der Waals surface area contributed by atoms with Gasteiger partial charge in [0.2, 0.25) is 11.6 Å². The van der Waals surface area contributed by atoms with Crippen molar-refractivity contribution in [1.29, 1.82) is 0 Å². The summed E-state index contributed by atoms with van der Waals surface area (Å²) in [5.41, 5.74) is 1.10. The van der Waals surface area contributed by atoms with Crippen LogP contribution in [-0.4, -0.2) is 22.8 Å². The van der Waals surface area contributed by atoms with E-state index >= 15 is 0 Å². The molecule has 0 spiro atoms. The van der Waals surface area contributed by atoms with E-state index in [-0.39, 0.29) is 0 Å². The third-order valence-electron chi connectivity index (χ3n) is 1.99. The molecule has 3 nitrogen and oxygen atoms in total. The highest BCUT2D eigenvalue weighted by Crippen LogP contribution is 2.09. The Bertz CT molecular complexity index is 367. The molecule has 1 atom stereocenters. The van der Waals surface area contributed by atoms with Gasteiger partial charge in [-0.15, -0.1) is 0 Å². The summed E-state index contributed by atoms with van der Waals surface area (Å²) < 4.78 is 0. The molecule has 0 radical (unpaired) electrons. The monoisotopic (exact) mass is 192 g/mol. The van der Waals surface area contributed by atoms with Crippen molar-refractivity contribution < 1.29 is 14.7 Å². The smallest absolute Gasteiger partial charge is 0.231 e. The first-order chi connectivity index (χ1) is 6.54. The third-order valence-corrected chi connectivity index (χ3v) is 1.99. The Labute approximate surface area is 82.4 Å². The maximum atomic E-state index is 11.5. The first kappa shape index (κ1) is 10.6. The number of Topliss-reactive ketones (excluding diaryl/α,β-unsaturated/α-hetero) is 2. The maximum Gasteiger partial charge on any atom is 0.231 e. The molecule has 1 aromatic carbocycles. The van der Waals surface area contributed by atoms with Gasteiger partial charge in [0.25, 0.3) is 0 Å². The second-order valence-electron chi connectivity index (χ2n) is 3.18. The molecule has 0 aliphatic carbocycles. The lowest BCUT2D eigenvalue weighted by Crippen LogP contribution is -2.26. The lowest BCUT2D eigenvalue weighted by Gasteiger charge is -2.04. The van der Waals surface area contributed by atoms with E-state index in [1.165, 1.54) is 6.92 Å². The van der Waals surface area contributed by atoms with Crippen molar-refractivity contribution in [3.63, 3.8) is 0 Å². The molecule has 1 unspecified atom stereocenters. The summed E-state index contributed by atoms with van der Waals surface area (Å²) in [5.74, 6) is -1.39. The third kappa shape index (κ3) is 2.06. The minimum Gasteiger partial charge on any atom is -0.385 e. The standard InChI is InChI=1S/C11H12O3/c1-7-5-3-4-6-9(7)11(14)10(13)8(2)12/h3-6,8,12H,1-2H3. The van der Waals surface area contributed by atoms with Crippen LogP contribution in [0.2, 0.25) is 0 Å². The second kappa shape index (κ2) is 4.15. The molecule has 0 saturated carbocycles. The normalized spacial score (nSPS) is 12.2. The number of ketones is 2. The van der Waals surface area contributed by atoms with Crippen LogP contribution in [0.3, 0.4) is 0 Å². The van der Waals surface area contributed by atoms with Gasteiger partial charge in [0, 0.05) is 5.56 Å². The Morgan fingerprint density at radius 3 is 2.36 bits per heavy atom. The number of carbonyl (C=O) groups is 2. The zero-order valence-corrected chi connectivity index (χ0v) is 8.15. The van der Waals surface area contributed by atoms with Crippen LogP contribution < -0.4 is 0 Å². The zero-order chi connectivity index (χ0) is 10.7. The molecule has 74 valence electrons. The molecule has 0 aliphatic rings. The van der Waals surface area contributed by atoms with Gasteiger partial charge in [-0.05, 0) is 19.4 Å². The minimum absolute atomic E-state index is 0.360. The van der Waals surface area contributed by atoms with Crippen molar-refractivity contribution in [3.8, 4) is 0 Å². The Morgan fingerprint density at radius 1 is 1.29 bits per heavy atom. The van der Waals surface area contributed by atoms with Crippen LogP contribution in [0.25, 0.3) is 0 Å². The van der Waals surface area contributed by atoms with Crippen LogP contribution >= 0.6 is 0 Å². The van der Waals surface area contributed by atoms with Gasteiger partial charge in [-0.1, -0.05) is 24.3 Å². The highest BCUT2D eigenvalue weighted by atomic mass is 16.3. The molecule has 0 bridgehead atoms. The Hall–Kier alpha value is -1.48. The molecule has 0 fully saturated rings. The first-order valence-corrected chi connectivity index (χ1v) is 4.36. The quantitative estimate of drug-likeness (QED) is 0.577. The number of rotatable bonds is 3. The fourth-order valence-corrected chi connectivity index (χ4v) is 1.15. The van der Waals surface area contributed by atoms with E-state index in [0.29, 0.717) is 5.56 Å². The summed E-state index contributed by atoms with van der Waals surface area (Å²) in [6, 6.07) is 6.81. The summed E-state index contributed by atoms with van der Waals surface area (Å²) in [4.78, 5) is 22.7. The van der Waals surface area contributed by atoms with Gasteiger partial charge in [-0.25, -0.2) is 0 Å². The van der Waals surface area contributed by atoms with Crippen molar-refractivity contribution in [3.05, 3.63) is 35.4 Å². The summed E-state index contributed by atoms with van der Waals surface area (Å²) in [6.07, 6.45) is -1.23.